The van der Waals surface area contributed by atoms with E-state index in [2.05, 4.69) is 9.97 Å². The molecule has 3 aromatic rings. The average Bonchev–Trinajstić information content (AvgIpc) is 2.49. The predicted octanol–water partition coefficient (Wildman–Crippen LogP) is 1.96. The number of aromatic nitrogens is 2. The first-order chi connectivity index (χ1) is 10.1. The smallest absolute Gasteiger partial charge is 0.152 e. The summed E-state index contributed by atoms with van der Waals surface area (Å²) < 4.78 is 5.73. The van der Waals surface area contributed by atoms with Gasteiger partial charge in [-0.3, -0.25) is 4.98 Å². The average molecular weight is 281 g/mol. The minimum absolute atomic E-state index is 0.168. The Kier molecular flexibility index (Phi) is 3.19. The molecule has 2 aromatic heterocycles. The van der Waals surface area contributed by atoms with Crippen molar-refractivity contribution in [1.29, 1.82) is 0 Å². The summed E-state index contributed by atoms with van der Waals surface area (Å²) in [4.78, 5) is 8.25. The van der Waals surface area contributed by atoms with E-state index in [0.29, 0.717) is 12.4 Å². The van der Waals surface area contributed by atoms with Crippen molar-refractivity contribution >= 4 is 28.2 Å². The fourth-order valence-electron chi connectivity index (χ4n) is 2.13. The monoisotopic (exact) mass is 281 g/mol. The summed E-state index contributed by atoms with van der Waals surface area (Å²) >= 11 is 0. The second-order valence-electron chi connectivity index (χ2n) is 4.63. The molecule has 3 rings (SSSR count). The summed E-state index contributed by atoms with van der Waals surface area (Å²) in [5.74, 6) is 0.863. The molecule has 21 heavy (non-hydrogen) atoms. The van der Waals surface area contributed by atoms with Gasteiger partial charge in [0.25, 0.3) is 0 Å². The fraction of sp³-hybridized carbons (Fsp3) is 0.0667. The van der Waals surface area contributed by atoms with Gasteiger partial charge in [0.05, 0.1) is 5.52 Å². The number of nitrogens with zero attached hydrogens (tertiary/aromatic N) is 2. The molecule has 106 valence electrons. The summed E-state index contributed by atoms with van der Waals surface area (Å²) in [5.41, 5.74) is 19.3. The van der Waals surface area contributed by atoms with Crippen molar-refractivity contribution < 1.29 is 4.74 Å². The van der Waals surface area contributed by atoms with Crippen LogP contribution >= 0.6 is 0 Å². The number of anilines is 3. The summed E-state index contributed by atoms with van der Waals surface area (Å²) in [6.07, 6.45) is 1.75. The number of nitrogens with two attached hydrogens (primary N) is 3. The lowest BCUT2D eigenvalue weighted by atomic mass is 10.1. The van der Waals surface area contributed by atoms with E-state index in [4.69, 9.17) is 21.9 Å². The number of hydrogen-bond donors (Lipinski definition) is 3. The molecule has 0 fully saturated rings. The van der Waals surface area contributed by atoms with Crippen molar-refractivity contribution in [2.75, 3.05) is 17.2 Å². The van der Waals surface area contributed by atoms with Crippen LogP contribution in [-0.2, 0) is 6.61 Å². The van der Waals surface area contributed by atoms with Gasteiger partial charge in [0, 0.05) is 23.2 Å². The molecule has 0 bridgehead atoms. The van der Waals surface area contributed by atoms with E-state index in [0.717, 1.165) is 16.5 Å². The van der Waals surface area contributed by atoms with E-state index in [1.165, 1.54) is 0 Å². The molecular formula is C15H15N5O. The van der Waals surface area contributed by atoms with Crippen molar-refractivity contribution in [2.24, 2.45) is 0 Å². The van der Waals surface area contributed by atoms with Crippen LogP contribution in [0.1, 0.15) is 5.56 Å². The van der Waals surface area contributed by atoms with Crippen molar-refractivity contribution in [3.63, 3.8) is 0 Å². The largest absolute Gasteiger partial charge is 0.486 e. The maximum atomic E-state index is 5.84. The normalized spacial score (nSPS) is 10.7. The van der Waals surface area contributed by atoms with Gasteiger partial charge in [0.1, 0.15) is 23.9 Å². The van der Waals surface area contributed by atoms with E-state index in [1.54, 1.807) is 12.3 Å². The lowest BCUT2D eigenvalue weighted by molar-refractivity contribution is 0.309. The van der Waals surface area contributed by atoms with Gasteiger partial charge >= 0.3 is 0 Å². The Balaban J connectivity index is 1.91. The van der Waals surface area contributed by atoms with Crippen LogP contribution in [-0.4, -0.2) is 9.97 Å². The zero-order valence-electron chi connectivity index (χ0n) is 11.3. The number of hydrogen-bond acceptors (Lipinski definition) is 6. The van der Waals surface area contributed by atoms with Crippen LogP contribution in [0.3, 0.4) is 0 Å². The van der Waals surface area contributed by atoms with Crippen LogP contribution in [0.4, 0.5) is 17.3 Å². The number of benzene rings is 1. The molecule has 0 amide bonds. The van der Waals surface area contributed by atoms with Crippen LogP contribution in [0, 0.1) is 0 Å². The Morgan fingerprint density at radius 2 is 1.86 bits per heavy atom. The molecule has 1 aromatic carbocycles. The molecule has 0 aliphatic rings. The first-order valence-corrected chi connectivity index (χ1v) is 6.42. The maximum Gasteiger partial charge on any atom is 0.152 e. The minimum atomic E-state index is 0.168. The van der Waals surface area contributed by atoms with Crippen molar-refractivity contribution in [3.05, 3.63) is 48.2 Å². The summed E-state index contributed by atoms with van der Waals surface area (Å²) in [6, 6.07) is 11.4. The van der Waals surface area contributed by atoms with Gasteiger partial charge in [0.2, 0.25) is 0 Å². The third kappa shape index (κ3) is 2.51. The Bertz CT molecular complexity index is 798. The van der Waals surface area contributed by atoms with Gasteiger partial charge in [0.15, 0.2) is 5.82 Å². The number of para-hydroxylation sites is 1. The van der Waals surface area contributed by atoms with Crippen LogP contribution < -0.4 is 21.9 Å². The van der Waals surface area contributed by atoms with Gasteiger partial charge in [-0.15, -0.1) is 0 Å². The number of nitrogen functional groups attached to an aromatic ring is 3. The Hall–Kier alpha value is -3.02. The molecule has 0 atom stereocenters. The fourth-order valence-corrected chi connectivity index (χ4v) is 2.13. The molecule has 6 heteroatoms. The van der Waals surface area contributed by atoms with Gasteiger partial charge in [-0.25, -0.2) is 4.98 Å². The molecule has 0 unspecified atom stereocenters. The van der Waals surface area contributed by atoms with Crippen LogP contribution in [0.2, 0.25) is 0 Å². The summed E-state index contributed by atoms with van der Waals surface area (Å²) in [5, 5.41) is 1.06. The lowest BCUT2D eigenvalue weighted by Crippen LogP contribution is -2.06. The van der Waals surface area contributed by atoms with Crippen LogP contribution in [0.15, 0.2) is 42.6 Å². The molecular weight excluding hydrogens is 266 g/mol. The van der Waals surface area contributed by atoms with E-state index >= 15 is 0 Å². The molecule has 2 heterocycles. The third-order valence-corrected chi connectivity index (χ3v) is 3.17. The Morgan fingerprint density at radius 1 is 1.05 bits per heavy atom. The van der Waals surface area contributed by atoms with E-state index < -0.39 is 0 Å². The highest BCUT2D eigenvalue weighted by Gasteiger charge is 2.09. The van der Waals surface area contributed by atoms with Gasteiger partial charge in [-0.2, -0.15) is 0 Å². The second kappa shape index (κ2) is 5.16. The predicted molar refractivity (Wildman–Crippen MR) is 83.5 cm³/mol. The standard InChI is InChI=1S/C15H15N5O/c16-12-7-11(13(17)15(18)20-12)21-8-10-4-1-3-9-5-2-6-19-14(9)10/h1-7H,8,17H2,(H4,16,18,20). The second-order valence-corrected chi connectivity index (χ2v) is 4.63. The zero-order valence-corrected chi connectivity index (χ0v) is 11.3. The van der Waals surface area contributed by atoms with Crippen LogP contribution in [0.5, 0.6) is 5.75 Å². The number of pyridine rings is 2. The zero-order chi connectivity index (χ0) is 14.8. The lowest BCUT2D eigenvalue weighted by Gasteiger charge is -2.12. The van der Waals surface area contributed by atoms with E-state index in [9.17, 15) is 0 Å². The highest BCUT2D eigenvalue weighted by Crippen LogP contribution is 2.29. The van der Waals surface area contributed by atoms with Crippen molar-refractivity contribution in [2.45, 2.75) is 6.61 Å². The van der Waals surface area contributed by atoms with Gasteiger partial charge in [-0.05, 0) is 6.07 Å². The number of ether oxygens (including phenoxy) is 1. The van der Waals surface area contributed by atoms with E-state index in [1.807, 2.05) is 30.3 Å². The number of rotatable bonds is 3. The first kappa shape index (κ1) is 13.0. The summed E-state index contributed by atoms with van der Waals surface area (Å²) in [6.45, 7) is 0.321. The van der Waals surface area contributed by atoms with Gasteiger partial charge < -0.3 is 21.9 Å². The summed E-state index contributed by atoms with van der Waals surface area (Å²) in [7, 11) is 0. The SMILES string of the molecule is Nc1cc(OCc2cccc3cccnc23)c(N)c(N)n1. The highest BCUT2D eigenvalue weighted by atomic mass is 16.5. The Morgan fingerprint density at radius 3 is 2.71 bits per heavy atom. The first-order valence-electron chi connectivity index (χ1n) is 6.42. The maximum absolute atomic E-state index is 5.84. The van der Waals surface area contributed by atoms with E-state index in [-0.39, 0.29) is 17.3 Å². The van der Waals surface area contributed by atoms with Crippen LogP contribution in [0.25, 0.3) is 10.9 Å². The third-order valence-electron chi connectivity index (χ3n) is 3.17. The quantitative estimate of drug-likeness (QED) is 0.676. The topological polar surface area (TPSA) is 113 Å². The molecule has 0 radical (unpaired) electrons. The van der Waals surface area contributed by atoms with Crippen molar-refractivity contribution in [1.82, 2.24) is 9.97 Å². The molecule has 0 aliphatic heterocycles. The highest BCUT2D eigenvalue weighted by molar-refractivity contribution is 5.81. The molecule has 0 aliphatic carbocycles. The van der Waals surface area contributed by atoms with Crippen molar-refractivity contribution in [3.8, 4) is 5.75 Å². The molecule has 0 spiro atoms. The molecule has 0 saturated heterocycles. The molecule has 6 N–H and O–H groups in total. The number of fused-ring (bicyclic) bond motifs is 1. The molecule has 6 nitrogen and oxygen atoms in total. The Labute approximate surface area is 121 Å². The molecule has 0 saturated carbocycles. The minimum Gasteiger partial charge on any atom is -0.486 e. The van der Waals surface area contributed by atoms with Gasteiger partial charge in [-0.1, -0.05) is 24.3 Å².